The third-order valence-corrected chi connectivity index (χ3v) is 3.80. The molecule has 0 aliphatic carbocycles. The Morgan fingerprint density at radius 1 is 1.13 bits per heavy atom. The zero-order valence-electron chi connectivity index (χ0n) is 12.7. The van der Waals surface area contributed by atoms with Crippen LogP contribution in [0.5, 0.6) is 5.75 Å². The van der Waals surface area contributed by atoms with Crippen molar-refractivity contribution in [3.8, 4) is 5.75 Å². The summed E-state index contributed by atoms with van der Waals surface area (Å²) in [6, 6.07) is 12.8. The number of methoxy groups -OCH3 is 1. The summed E-state index contributed by atoms with van der Waals surface area (Å²) in [5, 5.41) is 0. The number of benzene rings is 2. The van der Waals surface area contributed by atoms with E-state index in [1.54, 1.807) is 36.4 Å². The van der Waals surface area contributed by atoms with Crippen LogP contribution in [0.15, 0.2) is 59.5 Å². The van der Waals surface area contributed by atoms with Crippen molar-refractivity contribution in [3.63, 3.8) is 0 Å². The Labute approximate surface area is 157 Å². The van der Waals surface area contributed by atoms with Gasteiger partial charge in [0.15, 0.2) is 5.78 Å². The Hall–Kier alpha value is -1.44. The molecule has 0 heterocycles. The van der Waals surface area contributed by atoms with E-state index in [0.29, 0.717) is 11.1 Å². The molecule has 0 spiro atoms. The number of ether oxygens (including phenoxy) is 1. The Morgan fingerprint density at radius 3 is 2.35 bits per heavy atom. The number of carbonyl (C=O) groups excluding carboxylic acids is 1. The van der Waals surface area contributed by atoms with E-state index in [2.05, 4.69) is 0 Å². The Kier molecular flexibility index (Phi) is 7.18. The molecule has 0 fully saturated rings. The Bertz CT molecular complexity index is 814. The van der Waals surface area contributed by atoms with E-state index in [-0.39, 0.29) is 41.1 Å². The van der Waals surface area contributed by atoms with Gasteiger partial charge in [0, 0.05) is 5.56 Å². The largest absolute Gasteiger partial charge is 1.00 e. The van der Waals surface area contributed by atoms with Crippen LogP contribution in [0.2, 0.25) is 0 Å². The maximum Gasteiger partial charge on any atom is 1.00 e. The predicted octanol–water partition coefficient (Wildman–Crippen LogP) is -0.501. The third kappa shape index (κ3) is 5.30. The van der Waals surface area contributed by atoms with Crippen molar-refractivity contribution in [2.24, 2.45) is 0 Å². The molecule has 0 amide bonds. The maximum absolute atomic E-state index is 11.9. The average molecular weight is 340 g/mol. The van der Waals surface area contributed by atoms with Crippen LogP contribution in [0, 0.1) is 0 Å². The van der Waals surface area contributed by atoms with Crippen LogP contribution in [0.3, 0.4) is 0 Å². The molecule has 0 atom stereocenters. The predicted molar refractivity (Wildman–Crippen MR) is 80.8 cm³/mol. The maximum atomic E-state index is 11.9. The second kappa shape index (κ2) is 8.42. The Morgan fingerprint density at radius 2 is 1.78 bits per heavy atom. The van der Waals surface area contributed by atoms with Gasteiger partial charge in [0.25, 0.3) is 0 Å². The molecule has 0 saturated heterocycles. The summed E-state index contributed by atoms with van der Waals surface area (Å²) in [6.07, 6.45) is 2.77. The first-order valence-corrected chi connectivity index (χ1v) is 7.74. The fourth-order valence-electron chi connectivity index (χ4n) is 1.86. The van der Waals surface area contributed by atoms with Crippen LogP contribution in [-0.4, -0.2) is 25.9 Å². The van der Waals surface area contributed by atoms with Gasteiger partial charge in [-0.1, -0.05) is 42.5 Å². The fourth-order valence-corrected chi connectivity index (χ4v) is 2.54. The van der Waals surface area contributed by atoms with E-state index < -0.39 is 15.0 Å². The van der Waals surface area contributed by atoms with Crippen LogP contribution in [0.25, 0.3) is 6.08 Å². The second-order valence-electron chi connectivity index (χ2n) is 4.43. The first-order valence-electron chi connectivity index (χ1n) is 6.33. The number of rotatable bonds is 5. The summed E-state index contributed by atoms with van der Waals surface area (Å²) in [6.45, 7) is 0. The molecule has 2 rings (SSSR count). The molecule has 0 N–H and O–H groups in total. The smallest absolute Gasteiger partial charge is 0.744 e. The average Bonchev–Trinajstić information content (AvgIpc) is 2.52. The standard InChI is InChI=1S/C16H14O5S.Na/c1-21-15-10-8-12(11-16(15)22(18,19)20)7-9-14(17)13-5-3-2-4-6-13;/h2-11H,1H3,(H,18,19,20);/q;+1/p-1. The van der Waals surface area contributed by atoms with E-state index in [1.807, 2.05) is 0 Å². The molecule has 7 heteroatoms. The van der Waals surface area contributed by atoms with Gasteiger partial charge in [0.1, 0.15) is 15.9 Å². The van der Waals surface area contributed by atoms with Crippen molar-refractivity contribution < 1.29 is 52.1 Å². The molecule has 2 aromatic rings. The first kappa shape index (κ1) is 19.6. The summed E-state index contributed by atoms with van der Waals surface area (Å²) in [5.74, 6) is -0.246. The molecule has 0 aliphatic heterocycles. The number of carbonyl (C=O) groups is 1. The van der Waals surface area contributed by atoms with Gasteiger partial charge in [-0.05, 0) is 23.8 Å². The van der Waals surface area contributed by atoms with Crippen molar-refractivity contribution >= 4 is 22.0 Å². The summed E-state index contributed by atoms with van der Waals surface area (Å²) >= 11 is 0. The minimum absolute atomic E-state index is 0. The summed E-state index contributed by atoms with van der Waals surface area (Å²) in [5.41, 5.74) is 0.934. The molecule has 114 valence electrons. The van der Waals surface area contributed by atoms with Crippen molar-refractivity contribution in [1.82, 2.24) is 0 Å². The van der Waals surface area contributed by atoms with Crippen LogP contribution in [0.4, 0.5) is 0 Å². The number of hydrogen-bond donors (Lipinski definition) is 0. The van der Waals surface area contributed by atoms with Gasteiger partial charge in [-0.2, -0.15) is 0 Å². The molecule has 0 saturated carbocycles. The molecule has 2 aromatic carbocycles. The Balaban J connectivity index is 0.00000264. The van der Waals surface area contributed by atoms with Crippen molar-refractivity contribution in [2.75, 3.05) is 7.11 Å². The normalized spacial score (nSPS) is 11.0. The monoisotopic (exact) mass is 340 g/mol. The van der Waals surface area contributed by atoms with Gasteiger partial charge < -0.3 is 9.29 Å². The van der Waals surface area contributed by atoms with E-state index in [1.165, 1.54) is 31.4 Å². The molecule has 5 nitrogen and oxygen atoms in total. The zero-order chi connectivity index (χ0) is 16.2. The van der Waals surface area contributed by atoms with E-state index in [9.17, 15) is 17.8 Å². The van der Waals surface area contributed by atoms with Gasteiger partial charge in [-0.3, -0.25) is 4.79 Å². The van der Waals surface area contributed by atoms with Crippen molar-refractivity contribution in [3.05, 3.63) is 65.7 Å². The summed E-state index contributed by atoms with van der Waals surface area (Å²) in [7, 11) is -3.38. The summed E-state index contributed by atoms with van der Waals surface area (Å²) < 4.78 is 38.4. The van der Waals surface area contributed by atoms with Gasteiger partial charge in [-0.25, -0.2) is 8.42 Å². The second-order valence-corrected chi connectivity index (χ2v) is 5.78. The van der Waals surface area contributed by atoms with E-state index in [0.717, 1.165) is 0 Å². The van der Waals surface area contributed by atoms with Crippen LogP contribution in [-0.2, 0) is 10.1 Å². The number of ketones is 1. The molecule has 0 aromatic heterocycles. The molecule has 23 heavy (non-hydrogen) atoms. The zero-order valence-corrected chi connectivity index (χ0v) is 15.5. The number of allylic oxidation sites excluding steroid dienone is 1. The fraction of sp³-hybridized carbons (Fsp3) is 0.0625. The van der Waals surface area contributed by atoms with E-state index in [4.69, 9.17) is 4.74 Å². The van der Waals surface area contributed by atoms with Crippen LogP contribution in [0.1, 0.15) is 15.9 Å². The van der Waals surface area contributed by atoms with Crippen LogP contribution >= 0.6 is 0 Å². The van der Waals surface area contributed by atoms with Gasteiger partial charge in [0.05, 0.1) is 12.0 Å². The quantitative estimate of drug-likeness (QED) is 0.317. The molecule has 0 bridgehead atoms. The SMILES string of the molecule is COc1ccc(C=CC(=O)c2ccccc2)cc1S(=O)(=O)[O-].[Na+]. The molecular formula is C16H13NaO5S. The van der Waals surface area contributed by atoms with Gasteiger partial charge in [0.2, 0.25) is 0 Å². The molecule has 0 aliphatic rings. The summed E-state index contributed by atoms with van der Waals surface area (Å²) in [4.78, 5) is 11.5. The minimum atomic E-state index is -4.65. The number of hydrogen-bond acceptors (Lipinski definition) is 5. The van der Waals surface area contributed by atoms with Gasteiger partial charge >= 0.3 is 29.6 Å². The topological polar surface area (TPSA) is 83.5 Å². The molecule has 0 unspecified atom stereocenters. The first-order chi connectivity index (χ1) is 10.4. The van der Waals surface area contributed by atoms with Crippen molar-refractivity contribution in [2.45, 2.75) is 4.90 Å². The van der Waals surface area contributed by atoms with Crippen LogP contribution < -0.4 is 34.3 Å². The van der Waals surface area contributed by atoms with Gasteiger partial charge in [-0.15, -0.1) is 0 Å². The van der Waals surface area contributed by atoms with Crippen molar-refractivity contribution in [1.29, 1.82) is 0 Å². The molecular weight excluding hydrogens is 327 g/mol. The molecule has 0 radical (unpaired) electrons. The van der Waals surface area contributed by atoms with E-state index >= 15 is 0 Å². The minimum Gasteiger partial charge on any atom is -0.744 e. The third-order valence-electron chi connectivity index (χ3n) is 2.94.